The Labute approximate surface area is 98.5 Å². The molecule has 0 N–H and O–H groups in total. The predicted octanol–water partition coefficient (Wildman–Crippen LogP) is 3.78. The molecule has 1 aromatic rings. The van der Waals surface area contributed by atoms with Gasteiger partial charge >= 0.3 is 0 Å². The van der Waals surface area contributed by atoms with E-state index in [4.69, 9.17) is 0 Å². The molecule has 88 valence electrons. The second-order valence-corrected chi connectivity index (χ2v) is 5.95. The predicted molar refractivity (Wildman–Crippen MR) is 66.5 cm³/mol. The third-order valence-electron chi connectivity index (χ3n) is 3.70. The zero-order valence-corrected chi connectivity index (χ0v) is 10.9. The first-order valence-electron chi connectivity index (χ1n) is 6.28. The van der Waals surface area contributed by atoms with Crippen LogP contribution in [0.15, 0.2) is 6.07 Å². The summed E-state index contributed by atoms with van der Waals surface area (Å²) in [5, 5.41) is 0. The highest BCUT2D eigenvalue weighted by atomic mass is 14.9. The van der Waals surface area contributed by atoms with Gasteiger partial charge in [0.05, 0.1) is 0 Å². The van der Waals surface area contributed by atoms with E-state index in [9.17, 15) is 0 Å². The van der Waals surface area contributed by atoms with Crippen LogP contribution in [0.4, 0.5) is 0 Å². The van der Waals surface area contributed by atoms with Gasteiger partial charge in [-0.05, 0) is 51.0 Å². The Hall–Kier alpha value is -0.920. The molecule has 2 rings (SSSR count). The van der Waals surface area contributed by atoms with Gasteiger partial charge in [0.1, 0.15) is 5.82 Å². The lowest BCUT2D eigenvalue weighted by Crippen LogP contribution is -2.21. The third kappa shape index (κ3) is 2.60. The van der Waals surface area contributed by atoms with Gasteiger partial charge < -0.3 is 0 Å². The Kier molecular flexibility index (Phi) is 3.00. The van der Waals surface area contributed by atoms with Gasteiger partial charge in [0, 0.05) is 17.3 Å². The normalized spacial score (nSPS) is 21.0. The quantitative estimate of drug-likeness (QED) is 0.717. The van der Waals surface area contributed by atoms with Crippen molar-refractivity contribution in [2.45, 2.75) is 59.3 Å². The maximum Gasteiger partial charge on any atom is 0.131 e. The number of rotatable bonds is 1. The summed E-state index contributed by atoms with van der Waals surface area (Å²) < 4.78 is 0. The van der Waals surface area contributed by atoms with Crippen LogP contribution in [-0.2, 0) is 0 Å². The van der Waals surface area contributed by atoms with Crippen molar-refractivity contribution in [1.29, 1.82) is 0 Å². The van der Waals surface area contributed by atoms with E-state index in [1.807, 2.05) is 0 Å². The Bertz CT molecular complexity index is 352. The van der Waals surface area contributed by atoms with Gasteiger partial charge in [-0.25, -0.2) is 9.97 Å². The summed E-state index contributed by atoms with van der Waals surface area (Å²) in [5.74, 6) is 1.67. The molecule has 0 bridgehead atoms. The molecule has 0 spiro atoms. The molecule has 0 amide bonds. The summed E-state index contributed by atoms with van der Waals surface area (Å²) >= 11 is 0. The minimum Gasteiger partial charge on any atom is -0.238 e. The second kappa shape index (κ2) is 4.15. The first-order valence-corrected chi connectivity index (χ1v) is 6.28. The fourth-order valence-electron chi connectivity index (χ4n) is 2.59. The van der Waals surface area contributed by atoms with Gasteiger partial charge in [-0.3, -0.25) is 0 Å². The van der Waals surface area contributed by atoms with E-state index in [0.717, 1.165) is 17.2 Å². The third-order valence-corrected chi connectivity index (χ3v) is 3.70. The maximum atomic E-state index is 4.59. The van der Waals surface area contributed by atoms with Gasteiger partial charge in [0.15, 0.2) is 0 Å². The molecule has 1 fully saturated rings. The number of aromatic nitrogens is 2. The van der Waals surface area contributed by atoms with E-state index in [1.54, 1.807) is 0 Å². The second-order valence-electron chi connectivity index (χ2n) is 5.95. The van der Waals surface area contributed by atoms with Crippen molar-refractivity contribution in [3.05, 3.63) is 23.3 Å². The van der Waals surface area contributed by atoms with Crippen LogP contribution in [0.5, 0.6) is 0 Å². The van der Waals surface area contributed by atoms with Crippen molar-refractivity contribution in [2.75, 3.05) is 0 Å². The fourth-order valence-corrected chi connectivity index (χ4v) is 2.59. The Morgan fingerprint density at radius 2 is 1.56 bits per heavy atom. The molecular weight excluding hydrogens is 196 g/mol. The molecule has 1 aromatic heterocycles. The molecule has 0 atom stereocenters. The molecule has 1 saturated carbocycles. The van der Waals surface area contributed by atoms with E-state index in [1.165, 1.54) is 25.7 Å². The summed E-state index contributed by atoms with van der Waals surface area (Å²) in [5.41, 5.74) is 2.73. The van der Waals surface area contributed by atoms with Gasteiger partial charge in [0.25, 0.3) is 0 Å². The molecule has 1 aliphatic rings. The van der Waals surface area contributed by atoms with E-state index in [0.29, 0.717) is 11.3 Å². The van der Waals surface area contributed by atoms with Crippen LogP contribution in [-0.4, -0.2) is 9.97 Å². The van der Waals surface area contributed by atoms with Crippen LogP contribution in [0.3, 0.4) is 0 Å². The van der Waals surface area contributed by atoms with Gasteiger partial charge in [-0.1, -0.05) is 13.8 Å². The lowest BCUT2D eigenvalue weighted by atomic mass is 9.73. The van der Waals surface area contributed by atoms with Gasteiger partial charge in [-0.15, -0.1) is 0 Å². The lowest BCUT2D eigenvalue weighted by molar-refractivity contribution is 0.220. The zero-order valence-electron chi connectivity index (χ0n) is 10.9. The first-order chi connectivity index (χ1) is 7.46. The minimum absolute atomic E-state index is 0.523. The summed E-state index contributed by atoms with van der Waals surface area (Å²) in [6, 6.07) is 2.05. The molecule has 1 heterocycles. The highest BCUT2D eigenvalue weighted by Crippen LogP contribution is 2.41. The lowest BCUT2D eigenvalue weighted by Gasteiger charge is -2.33. The minimum atomic E-state index is 0.523. The average molecular weight is 218 g/mol. The van der Waals surface area contributed by atoms with Crippen LogP contribution in [0, 0.1) is 19.3 Å². The molecule has 0 saturated heterocycles. The summed E-state index contributed by atoms with van der Waals surface area (Å²) in [4.78, 5) is 9.19. The van der Waals surface area contributed by atoms with Crippen molar-refractivity contribution >= 4 is 0 Å². The van der Waals surface area contributed by atoms with Gasteiger partial charge in [0.2, 0.25) is 0 Å². The summed E-state index contributed by atoms with van der Waals surface area (Å²) in [6.45, 7) is 8.85. The first kappa shape index (κ1) is 11.6. The van der Waals surface area contributed by atoms with Crippen LogP contribution < -0.4 is 0 Å². The molecule has 0 aromatic carbocycles. The fraction of sp³-hybridized carbons (Fsp3) is 0.714. The van der Waals surface area contributed by atoms with Crippen molar-refractivity contribution in [2.24, 2.45) is 5.41 Å². The number of hydrogen-bond donors (Lipinski definition) is 0. The molecule has 16 heavy (non-hydrogen) atoms. The Balaban J connectivity index is 2.14. The number of aryl methyl sites for hydroxylation is 2. The summed E-state index contributed by atoms with van der Waals surface area (Å²) in [7, 11) is 0. The van der Waals surface area contributed by atoms with E-state index in [2.05, 4.69) is 43.7 Å². The zero-order chi connectivity index (χ0) is 11.8. The van der Waals surface area contributed by atoms with Crippen molar-refractivity contribution < 1.29 is 0 Å². The SMILES string of the molecule is Cc1cc(C)nc(C2CCC(C)(C)CC2)n1. The van der Waals surface area contributed by atoms with Gasteiger partial charge in [-0.2, -0.15) is 0 Å². The maximum absolute atomic E-state index is 4.59. The average Bonchev–Trinajstić information content (AvgIpc) is 2.15. The molecule has 2 nitrogen and oxygen atoms in total. The van der Waals surface area contributed by atoms with Crippen LogP contribution in [0.1, 0.15) is 62.7 Å². The molecule has 0 aliphatic heterocycles. The largest absolute Gasteiger partial charge is 0.238 e. The van der Waals surface area contributed by atoms with Crippen LogP contribution >= 0.6 is 0 Å². The van der Waals surface area contributed by atoms with E-state index < -0.39 is 0 Å². The number of hydrogen-bond acceptors (Lipinski definition) is 2. The molecule has 1 aliphatic carbocycles. The van der Waals surface area contributed by atoms with E-state index >= 15 is 0 Å². The molecular formula is C14H22N2. The highest BCUT2D eigenvalue weighted by molar-refractivity contribution is 5.11. The van der Waals surface area contributed by atoms with Crippen LogP contribution in [0.2, 0.25) is 0 Å². The Morgan fingerprint density at radius 1 is 1.06 bits per heavy atom. The monoisotopic (exact) mass is 218 g/mol. The van der Waals surface area contributed by atoms with Crippen molar-refractivity contribution in [3.63, 3.8) is 0 Å². The smallest absolute Gasteiger partial charge is 0.131 e. The standard InChI is InChI=1S/C14H22N2/c1-10-9-11(2)16-13(15-10)12-5-7-14(3,4)8-6-12/h9,12H,5-8H2,1-4H3. The Morgan fingerprint density at radius 3 is 2.06 bits per heavy atom. The molecule has 2 heteroatoms. The molecule has 0 unspecified atom stereocenters. The van der Waals surface area contributed by atoms with Crippen molar-refractivity contribution in [1.82, 2.24) is 9.97 Å². The molecule has 0 radical (unpaired) electrons. The van der Waals surface area contributed by atoms with E-state index in [-0.39, 0.29) is 0 Å². The topological polar surface area (TPSA) is 25.8 Å². The van der Waals surface area contributed by atoms with Crippen molar-refractivity contribution in [3.8, 4) is 0 Å². The highest BCUT2D eigenvalue weighted by Gasteiger charge is 2.28. The van der Waals surface area contributed by atoms with Crippen LogP contribution in [0.25, 0.3) is 0 Å². The summed E-state index contributed by atoms with van der Waals surface area (Å²) in [6.07, 6.45) is 5.09. The number of nitrogens with zero attached hydrogens (tertiary/aromatic N) is 2.